The third-order valence-corrected chi connectivity index (χ3v) is 3.58. The Labute approximate surface area is 111 Å². The number of hydrogen-bond acceptors (Lipinski definition) is 4. The summed E-state index contributed by atoms with van der Waals surface area (Å²) in [6.07, 6.45) is 2.72. The van der Waals surface area contributed by atoms with Gasteiger partial charge in [-0.2, -0.15) is 5.10 Å². The molecule has 5 heteroatoms. The maximum Gasteiger partial charge on any atom is 0.236 e. The predicted octanol–water partition coefficient (Wildman–Crippen LogP) is 2.11. The van der Waals surface area contributed by atoms with Crippen LogP contribution in [0.1, 0.15) is 23.6 Å². The van der Waals surface area contributed by atoms with Gasteiger partial charge in [0, 0.05) is 5.56 Å². The number of nitrogens with zero attached hydrogens (tertiary/aromatic N) is 2. The van der Waals surface area contributed by atoms with Crippen molar-refractivity contribution in [2.24, 2.45) is 10.2 Å². The number of amidine groups is 1. The van der Waals surface area contributed by atoms with Gasteiger partial charge in [-0.25, -0.2) is 0 Å². The van der Waals surface area contributed by atoms with Crippen LogP contribution in [0.4, 0.5) is 0 Å². The summed E-state index contributed by atoms with van der Waals surface area (Å²) in [5.41, 5.74) is 3.54. The van der Waals surface area contributed by atoms with Crippen molar-refractivity contribution in [2.75, 3.05) is 5.75 Å². The highest BCUT2D eigenvalue weighted by atomic mass is 32.2. The average molecular weight is 261 g/mol. The van der Waals surface area contributed by atoms with E-state index in [1.54, 1.807) is 6.21 Å². The first-order valence-electron chi connectivity index (χ1n) is 5.83. The zero-order valence-electron chi connectivity index (χ0n) is 10.4. The summed E-state index contributed by atoms with van der Waals surface area (Å²) in [5, 5.41) is 11.3. The summed E-state index contributed by atoms with van der Waals surface area (Å²) in [7, 11) is 0. The van der Waals surface area contributed by atoms with E-state index in [1.165, 1.54) is 22.9 Å². The molecule has 0 aromatic heterocycles. The van der Waals surface area contributed by atoms with E-state index >= 15 is 0 Å². The lowest BCUT2D eigenvalue weighted by molar-refractivity contribution is -0.116. The zero-order chi connectivity index (χ0) is 13.0. The van der Waals surface area contributed by atoms with E-state index in [0.717, 1.165) is 12.0 Å². The van der Waals surface area contributed by atoms with E-state index in [0.29, 0.717) is 10.9 Å². The Morgan fingerprint density at radius 1 is 1.50 bits per heavy atom. The molecule has 1 aromatic rings. The quantitative estimate of drug-likeness (QED) is 0.669. The average Bonchev–Trinajstić information content (AvgIpc) is 2.77. The van der Waals surface area contributed by atoms with Crippen LogP contribution in [0.15, 0.2) is 28.4 Å². The van der Waals surface area contributed by atoms with Gasteiger partial charge in [-0.05, 0) is 24.5 Å². The monoisotopic (exact) mass is 261 g/mol. The van der Waals surface area contributed by atoms with Gasteiger partial charge >= 0.3 is 0 Å². The predicted molar refractivity (Wildman–Crippen MR) is 76.2 cm³/mol. The molecule has 0 radical (unpaired) electrons. The molecule has 0 unspecified atom stereocenters. The Hall–Kier alpha value is -1.62. The van der Waals surface area contributed by atoms with Crippen molar-refractivity contribution < 1.29 is 4.79 Å². The summed E-state index contributed by atoms with van der Waals surface area (Å²) in [6, 6.07) is 6.19. The summed E-state index contributed by atoms with van der Waals surface area (Å²) in [4.78, 5) is 11.0. The normalized spacial score (nSPS) is 17.7. The van der Waals surface area contributed by atoms with Crippen molar-refractivity contribution in [3.63, 3.8) is 0 Å². The van der Waals surface area contributed by atoms with Crippen molar-refractivity contribution in [1.82, 2.24) is 5.32 Å². The highest BCUT2D eigenvalue weighted by Gasteiger charge is 2.15. The maximum absolute atomic E-state index is 11.0. The summed E-state index contributed by atoms with van der Waals surface area (Å²) in [5.74, 6) is 0.415. The van der Waals surface area contributed by atoms with Crippen molar-refractivity contribution in [1.29, 1.82) is 0 Å². The van der Waals surface area contributed by atoms with Gasteiger partial charge in [0.05, 0.1) is 12.0 Å². The largest absolute Gasteiger partial charge is 0.303 e. The van der Waals surface area contributed by atoms with E-state index in [-0.39, 0.29) is 5.91 Å². The molecule has 2 rings (SSSR count). The van der Waals surface area contributed by atoms with Gasteiger partial charge in [-0.3, -0.25) is 4.79 Å². The minimum Gasteiger partial charge on any atom is -0.303 e. The molecule has 0 aliphatic carbocycles. The molecule has 1 aliphatic rings. The molecule has 1 heterocycles. The van der Waals surface area contributed by atoms with Crippen LogP contribution >= 0.6 is 11.8 Å². The van der Waals surface area contributed by atoms with Crippen molar-refractivity contribution in [2.45, 2.75) is 20.3 Å². The highest BCUT2D eigenvalue weighted by molar-refractivity contribution is 8.15. The molecule has 1 amide bonds. The second kappa shape index (κ2) is 5.82. The molecule has 1 saturated heterocycles. The third-order valence-electron chi connectivity index (χ3n) is 2.72. The van der Waals surface area contributed by atoms with Crippen LogP contribution in [0.2, 0.25) is 0 Å². The molecule has 94 valence electrons. The Balaban J connectivity index is 2.16. The SMILES string of the molecule is CCc1cccc(C)c1C=NN=C1NC(=O)CS1. The first-order chi connectivity index (χ1) is 8.70. The Kier molecular flexibility index (Phi) is 4.15. The summed E-state index contributed by atoms with van der Waals surface area (Å²) in [6.45, 7) is 4.17. The molecular formula is C13H15N3OS. The molecule has 0 atom stereocenters. The van der Waals surface area contributed by atoms with Crippen molar-refractivity contribution in [3.8, 4) is 0 Å². The fourth-order valence-electron chi connectivity index (χ4n) is 1.75. The van der Waals surface area contributed by atoms with Gasteiger partial charge in [0.25, 0.3) is 0 Å². The highest BCUT2D eigenvalue weighted by Crippen LogP contribution is 2.13. The molecule has 1 N–H and O–H groups in total. The number of nitrogens with one attached hydrogen (secondary N) is 1. The minimum absolute atomic E-state index is 0.0147. The zero-order valence-corrected chi connectivity index (χ0v) is 11.3. The molecule has 18 heavy (non-hydrogen) atoms. The molecule has 1 aliphatic heterocycles. The van der Waals surface area contributed by atoms with E-state index in [9.17, 15) is 4.79 Å². The first-order valence-corrected chi connectivity index (χ1v) is 6.81. The lowest BCUT2D eigenvalue weighted by Crippen LogP contribution is -2.19. The number of thioether (sulfide) groups is 1. The first kappa shape index (κ1) is 12.8. The van der Waals surface area contributed by atoms with Gasteiger partial charge < -0.3 is 5.32 Å². The summed E-state index contributed by atoms with van der Waals surface area (Å²) >= 11 is 1.38. The van der Waals surface area contributed by atoms with Gasteiger partial charge in [0.15, 0.2) is 5.17 Å². The number of hydrogen-bond donors (Lipinski definition) is 1. The maximum atomic E-state index is 11.0. The molecule has 1 fully saturated rings. The van der Waals surface area contributed by atoms with Crippen molar-refractivity contribution >= 4 is 29.1 Å². The Morgan fingerprint density at radius 2 is 2.33 bits per heavy atom. The van der Waals surface area contributed by atoms with E-state index < -0.39 is 0 Å². The van der Waals surface area contributed by atoms with Crippen LogP contribution in [0, 0.1) is 6.92 Å². The smallest absolute Gasteiger partial charge is 0.236 e. The fourth-order valence-corrected chi connectivity index (χ4v) is 2.38. The number of carbonyl (C=O) groups excluding carboxylic acids is 1. The van der Waals surface area contributed by atoms with Crippen LogP contribution in [0.3, 0.4) is 0 Å². The lowest BCUT2D eigenvalue weighted by Gasteiger charge is -2.05. The number of rotatable bonds is 3. The second-order valence-electron chi connectivity index (χ2n) is 3.99. The van der Waals surface area contributed by atoms with Crippen LogP contribution in [-0.2, 0) is 11.2 Å². The van der Waals surface area contributed by atoms with Crippen molar-refractivity contribution in [3.05, 3.63) is 34.9 Å². The standard InChI is InChI=1S/C13H15N3OS/c1-3-10-6-4-5-9(2)11(10)7-14-16-13-15-12(17)8-18-13/h4-7H,3,8H2,1-2H3,(H,15,16,17). The second-order valence-corrected chi connectivity index (χ2v) is 4.95. The van der Waals surface area contributed by atoms with Crippen LogP contribution in [-0.4, -0.2) is 23.0 Å². The van der Waals surface area contributed by atoms with Crippen LogP contribution in [0.25, 0.3) is 0 Å². The van der Waals surface area contributed by atoms with E-state index in [2.05, 4.69) is 41.5 Å². The van der Waals surface area contributed by atoms with Gasteiger partial charge in [0.1, 0.15) is 0 Å². The molecule has 0 bridgehead atoms. The molecular weight excluding hydrogens is 246 g/mol. The van der Waals surface area contributed by atoms with Gasteiger partial charge in [-0.15, -0.1) is 5.10 Å². The molecule has 0 saturated carbocycles. The molecule has 4 nitrogen and oxygen atoms in total. The fraction of sp³-hybridized carbons (Fsp3) is 0.308. The van der Waals surface area contributed by atoms with Gasteiger partial charge in [-0.1, -0.05) is 36.9 Å². The van der Waals surface area contributed by atoms with Gasteiger partial charge in [0.2, 0.25) is 5.91 Å². The molecule has 1 aromatic carbocycles. The number of amides is 1. The van der Waals surface area contributed by atoms with Crippen LogP contribution < -0.4 is 5.32 Å². The lowest BCUT2D eigenvalue weighted by atomic mass is 10.0. The number of aryl methyl sites for hydroxylation is 2. The topological polar surface area (TPSA) is 53.8 Å². The summed E-state index contributed by atoms with van der Waals surface area (Å²) < 4.78 is 0. The number of benzene rings is 1. The number of carbonyl (C=O) groups is 1. The van der Waals surface area contributed by atoms with E-state index in [1.807, 2.05) is 6.07 Å². The van der Waals surface area contributed by atoms with Crippen LogP contribution in [0.5, 0.6) is 0 Å². The minimum atomic E-state index is -0.0147. The third kappa shape index (κ3) is 2.98. The molecule has 0 spiro atoms. The Morgan fingerprint density at radius 3 is 3.00 bits per heavy atom. The van der Waals surface area contributed by atoms with E-state index in [4.69, 9.17) is 0 Å². The Bertz CT molecular complexity index is 523.